The molecule has 2 aliphatic rings. The van der Waals surface area contributed by atoms with Gasteiger partial charge in [-0.3, -0.25) is 4.79 Å². The number of hydrogen-bond donors (Lipinski definition) is 0. The minimum absolute atomic E-state index is 0.136. The fourth-order valence-corrected chi connectivity index (χ4v) is 5.75. The third kappa shape index (κ3) is 7.89. The molecule has 0 atom stereocenters. The lowest BCUT2D eigenvalue weighted by Crippen LogP contribution is -2.41. The number of alkyl halides is 3. The normalized spacial score (nSPS) is 15.9. The summed E-state index contributed by atoms with van der Waals surface area (Å²) in [6.45, 7) is 9.48. The van der Waals surface area contributed by atoms with Crippen molar-refractivity contribution in [2.24, 2.45) is 5.92 Å². The Morgan fingerprint density at radius 2 is 1.80 bits per heavy atom. The van der Waals surface area contributed by atoms with Crippen molar-refractivity contribution in [3.05, 3.63) is 64.5 Å². The topological polar surface area (TPSA) is 98.0 Å². The highest BCUT2D eigenvalue weighted by molar-refractivity contribution is 6.00. The highest BCUT2D eigenvalue weighted by Crippen LogP contribution is 2.33. The van der Waals surface area contributed by atoms with Gasteiger partial charge >= 0.3 is 12.5 Å². The van der Waals surface area contributed by atoms with Crippen molar-refractivity contribution in [2.45, 2.75) is 84.9 Å². The minimum atomic E-state index is -4.76. The first-order valence-corrected chi connectivity index (χ1v) is 14.8. The molecule has 3 heterocycles. The zero-order valence-electron chi connectivity index (χ0n) is 25.4. The van der Waals surface area contributed by atoms with Crippen LogP contribution in [0.5, 0.6) is 5.75 Å². The fraction of sp³-hybridized carbons (Fsp3) is 0.500. The van der Waals surface area contributed by atoms with Gasteiger partial charge in [-0.1, -0.05) is 17.3 Å². The van der Waals surface area contributed by atoms with Crippen molar-refractivity contribution in [1.82, 2.24) is 19.9 Å². The van der Waals surface area contributed by atoms with Crippen molar-refractivity contribution in [2.75, 3.05) is 13.1 Å². The number of aromatic nitrogens is 2. The van der Waals surface area contributed by atoms with Crippen LogP contribution in [0, 0.1) is 12.8 Å². The molecule has 2 aliphatic heterocycles. The second kappa shape index (κ2) is 12.5. The lowest BCUT2D eigenvalue weighted by molar-refractivity contribution is -0.274. The van der Waals surface area contributed by atoms with Crippen LogP contribution in [0.4, 0.5) is 18.0 Å². The summed E-state index contributed by atoms with van der Waals surface area (Å²) in [6.07, 6.45) is -0.517. The summed E-state index contributed by atoms with van der Waals surface area (Å²) in [5.74, 6) is 1.11. The number of carbonyl (C=O) groups is 2. The predicted molar refractivity (Wildman–Crippen MR) is 155 cm³/mol. The molecule has 9 nitrogen and oxygen atoms in total. The van der Waals surface area contributed by atoms with Crippen LogP contribution in [0.15, 0.2) is 40.9 Å². The van der Waals surface area contributed by atoms with Gasteiger partial charge < -0.3 is 23.8 Å². The third-order valence-electron chi connectivity index (χ3n) is 7.80. The van der Waals surface area contributed by atoms with Crippen LogP contribution in [0.2, 0.25) is 0 Å². The van der Waals surface area contributed by atoms with E-state index in [9.17, 15) is 22.8 Å². The van der Waals surface area contributed by atoms with Crippen LogP contribution in [0.3, 0.4) is 0 Å². The number of benzene rings is 2. The molecule has 1 saturated heterocycles. The molecule has 1 aromatic heterocycles. The number of fused-ring (bicyclic) bond motifs is 1. The van der Waals surface area contributed by atoms with Crippen molar-refractivity contribution < 1.29 is 36.8 Å². The van der Waals surface area contributed by atoms with Gasteiger partial charge in [0.25, 0.3) is 11.8 Å². The second-order valence-electron chi connectivity index (χ2n) is 12.5. The average molecular weight is 615 g/mol. The molecule has 0 saturated carbocycles. The van der Waals surface area contributed by atoms with E-state index < -0.39 is 12.0 Å². The minimum Gasteiger partial charge on any atom is -0.444 e. The number of carbonyl (C=O) groups excluding carboxylic acids is 2. The number of likely N-dealkylation sites (tertiary alicyclic amines) is 1. The van der Waals surface area contributed by atoms with Crippen molar-refractivity contribution in [3.8, 4) is 17.2 Å². The van der Waals surface area contributed by atoms with E-state index >= 15 is 0 Å². The standard InChI is InChI=1S/C32H37F3N4O5/c1-20-16-23(17-24-19-39(29(40)27(20)24)18-22-8-10-25(11-9-22)42-32(33,34)35)28-36-26(37-44-28)7-5-6-21-12-14-38(15-13-21)30(41)43-31(2,3)4/h8-11,16-17,21H,5-7,12-15,18-19H2,1-4H3. The van der Waals surface area contributed by atoms with Gasteiger partial charge in [0.15, 0.2) is 5.82 Å². The number of halogens is 3. The number of rotatable bonds is 8. The van der Waals surface area contributed by atoms with Crippen molar-refractivity contribution >= 4 is 12.0 Å². The Morgan fingerprint density at radius 3 is 2.45 bits per heavy atom. The summed E-state index contributed by atoms with van der Waals surface area (Å²) >= 11 is 0. The average Bonchev–Trinajstić information content (AvgIpc) is 3.53. The molecule has 0 aliphatic carbocycles. The summed E-state index contributed by atoms with van der Waals surface area (Å²) in [5.41, 5.74) is 3.16. The lowest BCUT2D eigenvalue weighted by Gasteiger charge is -2.33. The lowest BCUT2D eigenvalue weighted by atomic mass is 9.91. The molecule has 0 spiro atoms. The summed E-state index contributed by atoms with van der Waals surface area (Å²) < 4.78 is 52.3. The molecule has 236 valence electrons. The molecule has 0 radical (unpaired) electrons. The van der Waals surface area contributed by atoms with E-state index in [4.69, 9.17) is 9.26 Å². The van der Waals surface area contributed by atoms with Crippen LogP contribution in [0.25, 0.3) is 11.5 Å². The van der Waals surface area contributed by atoms with E-state index in [2.05, 4.69) is 14.9 Å². The molecule has 2 aromatic carbocycles. The number of hydrogen-bond acceptors (Lipinski definition) is 7. The van der Waals surface area contributed by atoms with Crippen molar-refractivity contribution in [1.29, 1.82) is 0 Å². The van der Waals surface area contributed by atoms with E-state index in [1.165, 1.54) is 24.3 Å². The number of amides is 2. The van der Waals surface area contributed by atoms with Gasteiger partial charge in [0.2, 0.25) is 0 Å². The number of nitrogens with zero attached hydrogens (tertiary/aromatic N) is 4. The van der Waals surface area contributed by atoms with Crippen LogP contribution < -0.4 is 4.74 Å². The van der Waals surface area contributed by atoms with Crippen molar-refractivity contribution in [3.63, 3.8) is 0 Å². The smallest absolute Gasteiger partial charge is 0.444 e. The van der Waals surface area contributed by atoms with Gasteiger partial charge in [0.1, 0.15) is 11.4 Å². The Labute approximate surface area is 254 Å². The SMILES string of the molecule is Cc1cc(-c2nc(CCCC3CCN(C(=O)OC(C)(C)C)CC3)no2)cc2c1C(=O)N(Cc1ccc(OC(F)(F)F)cc1)C2. The Kier molecular flexibility index (Phi) is 8.90. The molecule has 0 unspecified atom stereocenters. The molecule has 5 rings (SSSR count). The quantitative estimate of drug-likeness (QED) is 0.268. The molecule has 0 bridgehead atoms. The van der Waals surface area contributed by atoms with E-state index in [0.717, 1.165) is 42.4 Å². The van der Waals surface area contributed by atoms with E-state index in [1.807, 2.05) is 39.8 Å². The third-order valence-corrected chi connectivity index (χ3v) is 7.80. The van der Waals surface area contributed by atoms with Gasteiger partial charge in [-0.25, -0.2) is 4.79 Å². The maximum Gasteiger partial charge on any atom is 0.573 e. The number of ether oxygens (including phenoxy) is 2. The molecule has 44 heavy (non-hydrogen) atoms. The fourth-order valence-electron chi connectivity index (χ4n) is 5.75. The summed E-state index contributed by atoms with van der Waals surface area (Å²) in [4.78, 5) is 33.5. The van der Waals surface area contributed by atoms with E-state index in [1.54, 1.807) is 9.80 Å². The number of aryl methyl sites for hydroxylation is 2. The maximum absolute atomic E-state index is 13.2. The molecule has 3 aromatic rings. The highest BCUT2D eigenvalue weighted by atomic mass is 19.4. The van der Waals surface area contributed by atoms with Gasteiger partial charge in [0.05, 0.1) is 0 Å². The Morgan fingerprint density at radius 1 is 1.09 bits per heavy atom. The highest BCUT2D eigenvalue weighted by Gasteiger charge is 2.32. The Hall–Kier alpha value is -4.09. The molecule has 2 amide bonds. The van der Waals surface area contributed by atoms with Crippen LogP contribution in [-0.2, 0) is 24.2 Å². The first-order valence-electron chi connectivity index (χ1n) is 14.8. The molecular weight excluding hydrogens is 577 g/mol. The van der Waals surface area contributed by atoms with Crippen LogP contribution >= 0.6 is 0 Å². The molecular formula is C32H37F3N4O5. The van der Waals surface area contributed by atoms with Gasteiger partial charge in [0, 0.05) is 43.7 Å². The van der Waals surface area contributed by atoms with Gasteiger partial charge in [-0.15, -0.1) is 13.2 Å². The summed E-state index contributed by atoms with van der Waals surface area (Å²) in [5, 5.41) is 4.17. The monoisotopic (exact) mass is 614 g/mol. The van der Waals surface area contributed by atoms with E-state index in [0.29, 0.717) is 54.8 Å². The molecule has 0 N–H and O–H groups in total. The second-order valence-corrected chi connectivity index (χ2v) is 12.5. The maximum atomic E-state index is 13.2. The van der Waals surface area contributed by atoms with Crippen LogP contribution in [-0.4, -0.2) is 57.0 Å². The first kappa shape index (κ1) is 31.3. The van der Waals surface area contributed by atoms with E-state index in [-0.39, 0.29) is 24.3 Å². The Balaban J connectivity index is 1.13. The summed E-state index contributed by atoms with van der Waals surface area (Å²) in [7, 11) is 0. The molecule has 12 heteroatoms. The summed E-state index contributed by atoms with van der Waals surface area (Å²) in [6, 6.07) is 9.26. The number of piperidine rings is 1. The first-order chi connectivity index (χ1) is 20.7. The van der Waals surface area contributed by atoms with Gasteiger partial charge in [-0.05, 0) is 100 Å². The Bertz CT molecular complexity index is 1490. The zero-order valence-corrected chi connectivity index (χ0v) is 25.4. The molecule has 1 fully saturated rings. The van der Waals surface area contributed by atoms with Gasteiger partial charge in [-0.2, -0.15) is 4.98 Å². The predicted octanol–water partition coefficient (Wildman–Crippen LogP) is 7.07. The van der Waals surface area contributed by atoms with Crippen LogP contribution in [0.1, 0.15) is 79.3 Å². The zero-order chi connectivity index (χ0) is 31.6. The largest absolute Gasteiger partial charge is 0.573 e.